The van der Waals surface area contributed by atoms with Gasteiger partial charge in [0.05, 0.1) is 35.2 Å². The summed E-state index contributed by atoms with van der Waals surface area (Å²) in [6, 6.07) is 4.34. The number of benzene rings is 1. The van der Waals surface area contributed by atoms with Gasteiger partial charge in [-0.1, -0.05) is 0 Å². The van der Waals surface area contributed by atoms with Gasteiger partial charge in [-0.3, -0.25) is 10.1 Å². The number of non-ortho nitro benzene ring substituents is 1. The maximum atomic E-state index is 12.5. The molecule has 0 atom stereocenters. The van der Waals surface area contributed by atoms with Crippen LogP contribution in [0, 0.1) is 10.1 Å². The fourth-order valence-electron chi connectivity index (χ4n) is 1.82. The Morgan fingerprint density at radius 1 is 1.19 bits per heavy atom. The first-order valence-corrected chi connectivity index (χ1v) is 9.51. The number of esters is 1. The topological polar surface area (TPSA) is 122 Å². The molecule has 0 aliphatic rings. The molecule has 27 heavy (non-hydrogen) atoms. The lowest BCUT2D eigenvalue weighted by Gasteiger charge is -2.20. The molecule has 0 amide bonds. The van der Waals surface area contributed by atoms with Crippen molar-refractivity contribution in [1.29, 1.82) is 0 Å². The Bertz CT molecular complexity index is 791. The zero-order chi connectivity index (χ0) is 20.7. The van der Waals surface area contributed by atoms with E-state index < -0.39 is 26.3 Å². The quantitative estimate of drug-likeness (QED) is 0.203. The Morgan fingerprint density at radius 3 is 2.26 bits per heavy atom. The zero-order valence-electron chi connectivity index (χ0n) is 15.6. The monoisotopic (exact) mass is 401 g/mol. The SMILES string of the molecule is COCCOC/C(=C\S(=O)(=O)c1ccc([N+](=O)[O-])cc1)C(=O)OC(C)(C)C. The van der Waals surface area contributed by atoms with Crippen molar-refractivity contribution >= 4 is 21.5 Å². The minimum Gasteiger partial charge on any atom is -0.457 e. The Hall–Kier alpha value is -2.30. The summed E-state index contributed by atoms with van der Waals surface area (Å²) in [6.45, 7) is 5.10. The molecule has 0 aromatic heterocycles. The van der Waals surface area contributed by atoms with E-state index in [0.717, 1.165) is 29.7 Å². The van der Waals surface area contributed by atoms with Crippen molar-refractivity contribution in [2.45, 2.75) is 31.3 Å². The van der Waals surface area contributed by atoms with Crippen LogP contribution >= 0.6 is 0 Å². The number of carbonyl (C=O) groups excluding carboxylic acids is 1. The van der Waals surface area contributed by atoms with Crippen LogP contribution in [0.5, 0.6) is 0 Å². The average molecular weight is 401 g/mol. The number of sulfone groups is 1. The summed E-state index contributed by atoms with van der Waals surface area (Å²) >= 11 is 0. The van der Waals surface area contributed by atoms with E-state index in [1.165, 1.54) is 7.11 Å². The number of hydrogen-bond acceptors (Lipinski definition) is 8. The van der Waals surface area contributed by atoms with E-state index in [4.69, 9.17) is 14.2 Å². The molecule has 1 aromatic rings. The molecule has 9 nitrogen and oxygen atoms in total. The predicted molar refractivity (Wildman–Crippen MR) is 96.9 cm³/mol. The van der Waals surface area contributed by atoms with Crippen LogP contribution in [0.3, 0.4) is 0 Å². The van der Waals surface area contributed by atoms with Crippen molar-refractivity contribution in [3.63, 3.8) is 0 Å². The molecule has 1 aromatic carbocycles. The molecule has 0 N–H and O–H groups in total. The first kappa shape index (κ1) is 22.7. The Labute approximate surface area is 158 Å². The van der Waals surface area contributed by atoms with Gasteiger partial charge in [-0.05, 0) is 32.9 Å². The Morgan fingerprint density at radius 2 is 1.78 bits per heavy atom. The van der Waals surface area contributed by atoms with E-state index in [-0.39, 0.29) is 36.0 Å². The largest absolute Gasteiger partial charge is 0.457 e. The molecule has 0 aliphatic heterocycles. The van der Waals surface area contributed by atoms with E-state index in [0.29, 0.717) is 0 Å². The van der Waals surface area contributed by atoms with Crippen molar-refractivity contribution in [3.8, 4) is 0 Å². The summed E-state index contributed by atoms with van der Waals surface area (Å²) in [5, 5.41) is 11.4. The Kier molecular flexibility index (Phi) is 8.07. The molecular formula is C17H23NO8S. The number of rotatable bonds is 9. The summed E-state index contributed by atoms with van der Waals surface area (Å²) in [4.78, 5) is 22.2. The van der Waals surface area contributed by atoms with Crippen molar-refractivity contribution in [1.82, 2.24) is 0 Å². The van der Waals surface area contributed by atoms with Crippen LogP contribution in [0.25, 0.3) is 0 Å². The normalized spacial score (nSPS) is 12.7. The standard InChI is InChI=1S/C17H23NO8S/c1-17(2,3)26-16(19)13(11-25-10-9-24-4)12-27(22,23)15-7-5-14(6-8-15)18(20)21/h5-8,12H,9-11H2,1-4H3/b13-12+. The van der Waals surface area contributed by atoms with E-state index in [2.05, 4.69) is 0 Å². The highest BCUT2D eigenvalue weighted by Crippen LogP contribution is 2.20. The number of nitro benzene ring substituents is 1. The van der Waals surface area contributed by atoms with E-state index in [9.17, 15) is 23.3 Å². The van der Waals surface area contributed by atoms with Crippen molar-refractivity contribution < 1.29 is 32.3 Å². The highest BCUT2D eigenvalue weighted by molar-refractivity contribution is 7.94. The fourth-order valence-corrected chi connectivity index (χ4v) is 3.01. The summed E-state index contributed by atoms with van der Waals surface area (Å²) in [5.41, 5.74) is -1.26. The predicted octanol–water partition coefficient (Wildman–Crippen LogP) is 2.26. The molecule has 0 unspecified atom stereocenters. The zero-order valence-corrected chi connectivity index (χ0v) is 16.4. The summed E-state index contributed by atoms with van der Waals surface area (Å²) < 4.78 is 40.4. The maximum absolute atomic E-state index is 12.5. The van der Waals surface area contributed by atoms with E-state index in [1.54, 1.807) is 20.8 Å². The van der Waals surface area contributed by atoms with Gasteiger partial charge in [0.15, 0.2) is 9.84 Å². The lowest BCUT2D eigenvalue weighted by atomic mass is 10.2. The van der Waals surface area contributed by atoms with Gasteiger partial charge in [0.1, 0.15) is 5.60 Å². The molecule has 0 saturated heterocycles. The molecule has 0 fully saturated rings. The van der Waals surface area contributed by atoms with E-state index in [1.807, 2.05) is 0 Å². The van der Waals surface area contributed by atoms with E-state index >= 15 is 0 Å². The second-order valence-electron chi connectivity index (χ2n) is 6.49. The van der Waals surface area contributed by atoms with Crippen molar-refractivity contribution in [2.75, 3.05) is 26.9 Å². The van der Waals surface area contributed by atoms with Gasteiger partial charge in [0, 0.05) is 24.7 Å². The molecule has 0 spiro atoms. The van der Waals surface area contributed by atoms with Gasteiger partial charge in [0.2, 0.25) is 0 Å². The van der Waals surface area contributed by atoms with Gasteiger partial charge in [-0.2, -0.15) is 0 Å². The van der Waals surface area contributed by atoms with Crippen LogP contribution < -0.4 is 0 Å². The van der Waals surface area contributed by atoms with Crippen molar-refractivity contribution in [2.24, 2.45) is 0 Å². The third-order valence-electron chi connectivity index (χ3n) is 3.02. The molecule has 0 saturated carbocycles. The summed E-state index contributed by atoms with van der Waals surface area (Å²) in [7, 11) is -2.56. The average Bonchev–Trinajstić information content (AvgIpc) is 2.56. The molecule has 0 radical (unpaired) electrons. The molecule has 150 valence electrons. The fraction of sp³-hybridized carbons (Fsp3) is 0.471. The lowest BCUT2D eigenvalue weighted by molar-refractivity contribution is -0.384. The first-order chi connectivity index (χ1) is 12.5. The molecule has 0 bridgehead atoms. The summed E-state index contributed by atoms with van der Waals surface area (Å²) in [5.74, 6) is -0.828. The lowest BCUT2D eigenvalue weighted by Crippen LogP contribution is -2.26. The number of carbonyl (C=O) groups is 1. The van der Waals surface area contributed by atoms with Crippen molar-refractivity contribution in [3.05, 3.63) is 45.4 Å². The highest BCUT2D eigenvalue weighted by atomic mass is 32.2. The highest BCUT2D eigenvalue weighted by Gasteiger charge is 2.23. The van der Waals surface area contributed by atoms with Crippen LogP contribution in [0.15, 0.2) is 40.1 Å². The number of methoxy groups -OCH3 is 1. The number of nitrogens with zero attached hydrogens (tertiary/aromatic N) is 1. The van der Waals surface area contributed by atoms with Crippen LogP contribution in [0.1, 0.15) is 20.8 Å². The van der Waals surface area contributed by atoms with Gasteiger partial charge in [-0.15, -0.1) is 0 Å². The van der Waals surface area contributed by atoms with Crippen LogP contribution in [0.2, 0.25) is 0 Å². The number of nitro groups is 1. The number of ether oxygens (including phenoxy) is 3. The van der Waals surface area contributed by atoms with Gasteiger partial charge in [-0.25, -0.2) is 13.2 Å². The minimum absolute atomic E-state index is 0.161. The molecular weight excluding hydrogens is 378 g/mol. The molecule has 10 heteroatoms. The van der Waals surface area contributed by atoms with Crippen LogP contribution in [-0.2, 0) is 28.8 Å². The van der Waals surface area contributed by atoms with Gasteiger partial charge < -0.3 is 14.2 Å². The van der Waals surface area contributed by atoms with Gasteiger partial charge >= 0.3 is 5.97 Å². The third kappa shape index (κ3) is 7.85. The third-order valence-corrected chi connectivity index (χ3v) is 4.55. The number of hydrogen-bond donors (Lipinski definition) is 0. The molecule has 1 rings (SSSR count). The molecule has 0 aliphatic carbocycles. The van der Waals surface area contributed by atoms with Gasteiger partial charge in [0.25, 0.3) is 5.69 Å². The second kappa shape index (κ2) is 9.58. The van der Waals surface area contributed by atoms with Crippen LogP contribution in [0.4, 0.5) is 5.69 Å². The minimum atomic E-state index is -4.04. The second-order valence-corrected chi connectivity index (χ2v) is 8.28. The smallest absolute Gasteiger partial charge is 0.337 e. The molecule has 0 heterocycles. The first-order valence-electron chi connectivity index (χ1n) is 7.96. The Balaban J connectivity index is 3.14. The summed E-state index contributed by atoms with van der Waals surface area (Å²) in [6.07, 6.45) is 0. The van der Waals surface area contributed by atoms with Crippen LogP contribution in [-0.4, -0.2) is 51.8 Å². The maximum Gasteiger partial charge on any atom is 0.337 e.